The van der Waals surface area contributed by atoms with Crippen molar-refractivity contribution in [2.24, 2.45) is 0 Å². The molecule has 0 aliphatic carbocycles. The average molecular weight is 1460 g/mol. The van der Waals surface area contributed by atoms with E-state index < -0.39 is 12.4 Å². The molecule has 0 spiro atoms. The molecule has 0 unspecified atom stereocenters. The van der Waals surface area contributed by atoms with Crippen LogP contribution in [0.15, 0.2) is 146 Å². The molecule has 15 nitrogen and oxygen atoms in total. The van der Waals surface area contributed by atoms with Gasteiger partial charge in [-0.3, -0.25) is 29.0 Å². The van der Waals surface area contributed by atoms with Gasteiger partial charge in [-0.2, -0.15) is 48.1 Å². The van der Waals surface area contributed by atoms with Gasteiger partial charge >= 0.3 is 0 Å². The number of thioether (sulfide) groups is 3. The Labute approximate surface area is 598 Å². The number of likely N-dealkylation sites (tertiary alicyclic amines) is 1. The largest absolute Gasteiger partial charge is 0.520 e. The summed E-state index contributed by atoms with van der Waals surface area (Å²) in [6.45, 7) is 23.7. The van der Waals surface area contributed by atoms with Crippen LogP contribution in [0.5, 0.6) is 0 Å². The predicted molar refractivity (Wildman–Crippen MR) is 374 cm³/mol. The van der Waals surface area contributed by atoms with Crippen molar-refractivity contribution in [3.05, 3.63) is 146 Å². The summed E-state index contributed by atoms with van der Waals surface area (Å²) >= 11 is 8.19. The van der Waals surface area contributed by atoms with Crippen LogP contribution in [0.25, 0.3) is 0 Å². The number of ketones is 2. The molecule has 3 amide bonds. The Kier molecular flexibility index (Phi) is 112. The first-order valence-corrected chi connectivity index (χ1v) is 33.8. The second kappa shape index (κ2) is 91.6. The minimum atomic E-state index is -0.833. The number of Topliss-reactive ketones (excluding diaryl/α,β-unsaturated/α-hetero) is 2. The van der Waals surface area contributed by atoms with Crippen LogP contribution in [0.4, 0.5) is 0 Å². The summed E-state index contributed by atoms with van der Waals surface area (Å²) in [5.41, 5.74) is 0. The van der Waals surface area contributed by atoms with Gasteiger partial charge in [-0.25, -0.2) is 0 Å². The number of piperazine rings is 2. The van der Waals surface area contributed by atoms with E-state index in [0.29, 0.717) is 6.04 Å². The van der Waals surface area contributed by atoms with Crippen LogP contribution in [0, 0.1) is 0 Å². The molecule has 25 heteroatoms. The third kappa shape index (κ3) is 93.0. The number of aliphatic hydroxyl groups is 2. The smallest absolute Gasteiger partial charge is 0.300 e. The van der Waals surface area contributed by atoms with Crippen molar-refractivity contribution in [3.63, 3.8) is 0 Å². The van der Waals surface area contributed by atoms with E-state index in [1.807, 2.05) is 234 Å². The molecule has 0 aromatic heterocycles. The third-order valence-electron chi connectivity index (χ3n) is 9.10. The first kappa shape index (κ1) is 106. The first-order valence-electron chi connectivity index (χ1n) is 27.3. The number of aliphatic carboxylic acids is 1. The third-order valence-corrected chi connectivity index (χ3v) is 9.10. The normalized spacial score (nSPS) is 12.4. The van der Waals surface area contributed by atoms with E-state index in [2.05, 4.69) is 54.3 Å². The van der Waals surface area contributed by atoms with Crippen molar-refractivity contribution in [2.75, 3.05) is 135 Å². The van der Waals surface area contributed by atoms with Crippen molar-refractivity contribution in [2.45, 2.75) is 67.5 Å². The van der Waals surface area contributed by atoms with Gasteiger partial charge in [0.1, 0.15) is 13.2 Å². The quantitative estimate of drug-likeness (QED) is 0.0825. The van der Waals surface area contributed by atoms with Crippen LogP contribution in [-0.2, 0) is 94.2 Å². The molecular formula is C61H103B4BrN6O9S3Y2-2. The first-order chi connectivity index (χ1) is 40.3. The van der Waals surface area contributed by atoms with Crippen LogP contribution in [-0.4, -0.2) is 253 Å². The van der Waals surface area contributed by atoms with Crippen LogP contribution >= 0.6 is 51.2 Å². The van der Waals surface area contributed by atoms with E-state index >= 15 is 0 Å². The molecule has 86 heavy (non-hydrogen) atoms. The number of nitrogens with zero attached hydrogens (tertiary/aromatic N) is 5. The molecule has 8 radical (unpaired) electrons. The number of aliphatic hydroxyl groups excluding tert-OH is 2. The summed E-state index contributed by atoms with van der Waals surface area (Å²) in [6.07, 6.45) is 15.4. The summed E-state index contributed by atoms with van der Waals surface area (Å²) in [6, 6.07) is 49.2. The SMILES string of the molecule is CBr.CC.CC.CC(=O)CO.CC(=O)CO.CC(=O)N1CC(N2CCN([C-]=O)CC2)C1.CC(=O)O.CSC.CSC.CSC.O=[C-]N1CCN(C2CNC2)CC1.[B]B([B])[B].[Y].[Y].c1ccccc1.c1ccccc1.c1ccccc1.c1ccccc1. The van der Waals surface area contributed by atoms with Crippen molar-refractivity contribution in [1.82, 2.24) is 29.8 Å². The van der Waals surface area contributed by atoms with Crippen LogP contribution in [0.1, 0.15) is 55.4 Å². The van der Waals surface area contributed by atoms with Crippen molar-refractivity contribution in [1.29, 1.82) is 0 Å². The fraction of sp³-hybridized carbons (Fsp3) is 0.508. The monoisotopic (exact) mass is 1460 g/mol. The number of halogens is 1. The molecule has 4 aliphatic heterocycles. The predicted octanol–water partition coefficient (Wildman–Crippen LogP) is 7.99. The zero-order valence-corrected chi connectivity index (χ0v) is 64.2. The summed E-state index contributed by atoms with van der Waals surface area (Å²) in [5, 5.41) is 26.3. The second-order valence-electron chi connectivity index (χ2n) is 16.3. The average Bonchev–Trinajstić information content (AvgIpc) is 3.27. The Morgan fingerprint density at radius 3 is 0.756 bits per heavy atom. The minimum absolute atomic E-state index is 0. The maximum Gasteiger partial charge on any atom is 0.300 e. The Balaban J connectivity index is -0.0000000932. The molecule has 4 fully saturated rings. The standard InChI is InChI=1S/C10H16N3O2.C8H14N3O.4C6H6.2C3H6O2.C2H4O2.3C2H6S.2C2H6.CH3Br.B4.2Y/c1-9(15)13-6-10(7-13)12-4-2-11(8-14)3-5-12;12-7-10-1-3-11(4-2-10)8-5-9-6-8;4*1-2-4-6-5-3-1;2*1-3(5)2-4;1-2(3)4;3*1-3-2;3*1-2;1-4(2)3;;/h10H,2-7H2,1H3;8-9H,1-6H2;4*1-6H;2*4H,2H2,1H3;1H3,(H,3,4);3*1-2H3;2*1-2H3;1H3;;;/q2*-1;;;;;;;;;;;;;;;;. The van der Waals surface area contributed by atoms with Gasteiger partial charge in [0.2, 0.25) is 5.91 Å². The van der Waals surface area contributed by atoms with Gasteiger partial charge in [-0.05, 0) is 57.2 Å². The Hall–Kier alpha value is -2.10. The van der Waals surface area contributed by atoms with Gasteiger partial charge in [0.15, 0.2) is 11.6 Å². The summed E-state index contributed by atoms with van der Waals surface area (Å²) in [5.74, 6) is 0.758. The fourth-order valence-corrected chi connectivity index (χ4v) is 5.37. The van der Waals surface area contributed by atoms with E-state index in [4.69, 9.17) is 20.1 Å². The number of hydrogen-bond acceptors (Lipinski definition) is 14. The molecule has 4 aromatic carbocycles. The number of carboxylic acids is 1. The van der Waals surface area contributed by atoms with Crippen LogP contribution in [0.3, 0.4) is 0 Å². The molecular weight excluding hydrogens is 1360 g/mol. The summed E-state index contributed by atoms with van der Waals surface area (Å²) in [4.78, 5) is 69.9. The number of rotatable bonds is 6. The molecule has 0 saturated carbocycles. The van der Waals surface area contributed by atoms with E-state index in [0.717, 1.165) is 91.5 Å². The molecule has 0 atom stereocenters. The van der Waals surface area contributed by atoms with Gasteiger partial charge in [-0.1, -0.05) is 189 Å². The molecule has 4 aliphatic rings. The van der Waals surface area contributed by atoms with E-state index in [1.54, 1.807) is 52.0 Å². The molecule has 0 bridgehead atoms. The number of carbonyl (C=O) groups excluding carboxylic acids is 5. The Bertz CT molecular complexity index is 1630. The van der Waals surface area contributed by atoms with Gasteiger partial charge < -0.3 is 44.9 Å². The molecule has 4 heterocycles. The minimum Gasteiger partial charge on any atom is -0.520 e. The van der Waals surface area contributed by atoms with Crippen molar-refractivity contribution >= 4 is 117 Å². The maximum absolute atomic E-state index is 11.0. The summed E-state index contributed by atoms with van der Waals surface area (Å²) < 4.78 is 0. The molecule has 4 N–H and O–H groups in total. The number of amides is 3. The molecule has 4 aromatic rings. The van der Waals surface area contributed by atoms with Crippen LogP contribution in [0.2, 0.25) is 0 Å². The van der Waals surface area contributed by atoms with Crippen LogP contribution < -0.4 is 5.32 Å². The van der Waals surface area contributed by atoms with E-state index in [9.17, 15) is 24.0 Å². The van der Waals surface area contributed by atoms with Crippen molar-refractivity contribution in [3.8, 4) is 0 Å². The fourth-order valence-electron chi connectivity index (χ4n) is 5.37. The number of alkyl halides is 1. The van der Waals surface area contributed by atoms with Gasteiger partial charge in [0.25, 0.3) is 5.97 Å². The number of hydrogen-bond donors (Lipinski definition) is 4. The number of benzene rings is 4. The van der Waals surface area contributed by atoms with E-state index in [-0.39, 0.29) is 96.1 Å². The summed E-state index contributed by atoms with van der Waals surface area (Å²) in [7, 11) is 14.0. The Morgan fingerprint density at radius 2 is 0.640 bits per heavy atom. The van der Waals surface area contributed by atoms with Gasteiger partial charge in [-0.15, -0.1) is 0 Å². The number of nitrogens with one attached hydrogen (secondary N) is 1. The Morgan fingerprint density at radius 1 is 0.477 bits per heavy atom. The number of carboxylic acid groups (broad SMARTS) is 1. The van der Waals surface area contributed by atoms with Crippen molar-refractivity contribution < 1.29 is 110 Å². The van der Waals surface area contributed by atoms with Gasteiger partial charge in [0.05, 0.1) is 0 Å². The molecule has 4 saturated heterocycles. The molecule has 8 rings (SSSR count). The topological polar surface area (TPSA) is 191 Å². The zero-order chi connectivity index (χ0) is 66.0. The second-order valence-corrected chi connectivity index (χ2v) is 18.7. The maximum atomic E-state index is 11.0. The molecule has 476 valence electrons. The number of carbonyl (C=O) groups is 4. The van der Waals surface area contributed by atoms with E-state index in [1.165, 1.54) is 13.8 Å². The zero-order valence-electron chi connectivity index (χ0n) is 54.5. The van der Waals surface area contributed by atoms with Gasteiger partial charge in [0, 0.05) is 199 Å².